The van der Waals surface area contributed by atoms with Crippen LogP contribution in [0.5, 0.6) is 0 Å². The van der Waals surface area contributed by atoms with Crippen molar-refractivity contribution in [2.75, 3.05) is 7.11 Å². The average molecular weight is 327 g/mol. The summed E-state index contributed by atoms with van der Waals surface area (Å²) >= 11 is 3.35. The van der Waals surface area contributed by atoms with Crippen molar-refractivity contribution in [3.05, 3.63) is 40.4 Å². The molecule has 4 nitrogen and oxygen atoms in total. The third-order valence-corrected chi connectivity index (χ3v) is 3.22. The summed E-state index contributed by atoms with van der Waals surface area (Å²) in [6, 6.07) is 7.32. The van der Waals surface area contributed by atoms with E-state index >= 15 is 0 Å². The van der Waals surface area contributed by atoms with Gasteiger partial charge in [-0.05, 0) is 24.6 Å². The van der Waals surface area contributed by atoms with Crippen molar-refractivity contribution >= 4 is 33.8 Å². The first-order valence-electron chi connectivity index (χ1n) is 5.63. The molecule has 0 aliphatic carbocycles. The van der Waals surface area contributed by atoms with E-state index in [0.29, 0.717) is 0 Å². The summed E-state index contributed by atoms with van der Waals surface area (Å²) < 4.78 is 5.35. The van der Waals surface area contributed by atoms with Gasteiger partial charge in [0.1, 0.15) is 5.78 Å². The Morgan fingerprint density at radius 3 is 2.58 bits per heavy atom. The number of hydrogen-bond donors (Lipinski definition) is 1. The lowest BCUT2D eigenvalue weighted by molar-refractivity contribution is -0.159. The maximum Gasteiger partial charge on any atom is 0.342 e. The lowest BCUT2D eigenvalue weighted by Gasteiger charge is -2.20. The molecular weight excluding hydrogens is 312 g/mol. The van der Waals surface area contributed by atoms with Crippen molar-refractivity contribution in [2.24, 2.45) is 0 Å². The van der Waals surface area contributed by atoms with Crippen LogP contribution in [0.4, 0.5) is 0 Å². The molecule has 0 aromatic heterocycles. The van der Waals surface area contributed by atoms with Crippen LogP contribution in [0.2, 0.25) is 0 Å². The number of benzene rings is 1. The maximum absolute atomic E-state index is 11.6. The highest BCUT2D eigenvalue weighted by Gasteiger charge is 2.35. The second kappa shape index (κ2) is 6.63. The third kappa shape index (κ3) is 4.29. The molecule has 102 valence electrons. The molecule has 0 fully saturated rings. The van der Waals surface area contributed by atoms with E-state index in [1.54, 1.807) is 6.08 Å². The van der Waals surface area contributed by atoms with E-state index < -0.39 is 11.6 Å². The third-order valence-electron chi connectivity index (χ3n) is 2.50. The Bertz CT molecular complexity index is 510. The van der Waals surface area contributed by atoms with Crippen LogP contribution in [-0.4, -0.2) is 29.6 Å². The molecule has 1 aromatic carbocycles. The van der Waals surface area contributed by atoms with Crippen LogP contribution in [0.15, 0.2) is 34.8 Å². The molecule has 1 atom stereocenters. The smallest absolute Gasteiger partial charge is 0.342 e. The SMILES string of the molecule is COC(=O)[C@@](O)(/C=C/c1ccccc1Br)CC(C)=O. The average Bonchev–Trinajstić information content (AvgIpc) is 2.36. The standard InChI is InChI=1S/C14H15BrO4/c1-10(16)9-14(18,13(17)19-2)8-7-11-5-3-4-6-12(11)15/h3-8,18H,9H2,1-2H3/b8-7+/t14-/m1/s1. The number of carbonyl (C=O) groups excluding carboxylic acids is 2. The zero-order chi connectivity index (χ0) is 14.5. The Kier molecular flexibility index (Phi) is 5.44. The predicted molar refractivity (Wildman–Crippen MR) is 75.4 cm³/mol. The summed E-state index contributed by atoms with van der Waals surface area (Å²) in [4.78, 5) is 22.7. The molecule has 5 heteroatoms. The van der Waals surface area contributed by atoms with Crippen LogP contribution < -0.4 is 0 Å². The largest absolute Gasteiger partial charge is 0.467 e. The molecular formula is C14H15BrO4. The molecule has 19 heavy (non-hydrogen) atoms. The molecule has 0 saturated carbocycles. The lowest BCUT2D eigenvalue weighted by atomic mass is 9.96. The number of esters is 1. The summed E-state index contributed by atoms with van der Waals surface area (Å²) in [5, 5.41) is 10.2. The van der Waals surface area contributed by atoms with Crippen LogP contribution in [0.1, 0.15) is 18.9 Å². The minimum absolute atomic E-state index is 0.301. The Morgan fingerprint density at radius 2 is 2.05 bits per heavy atom. The van der Waals surface area contributed by atoms with E-state index in [0.717, 1.165) is 10.0 Å². The molecule has 0 unspecified atom stereocenters. The first-order valence-corrected chi connectivity index (χ1v) is 6.42. The van der Waals surface area contributed by atoms with Gasteiger partial charge in [0.2, 0.25) is 0 Å². The van der Waals surface area contributed by atoms with Crippen molar-refractivity contribution in [2.45, 2.75) is 18.9 Å². The highest BCUT2D eigenvalue weighted by Crippen LogP contribution is 2.21. The van der Waals surface area contributed by atoms with Crippen LogP contribution in [0.3, 0.4) is 0 Å². The number of ether oxygens (including phenoxy) is 1. The number of rotatable bonds is 5. The van der Waals surface area contributed by atoms with Crippen LogP contribution >= 0.6 is 15.9 Å². The first-order chi connectivity index (χ1) is 8.89. The molecule has 1 aromatic rings. The van der Waals surface area contributed by atoms with Gasteiger partial charge in [-0.15, -0.1) is 0 Å². The van der Waals surface area contributed by atoms with E-state index in [-0.39, 0.29) is 12.2 Å². The van der Waals surface area contributed by atoms with E-state index in [9.17, 15) is 14.7 Å². The Balaban J connectivity index is 3.04. The van der Waals surface area contributed by atoms with Crippen molar-refractivity contribution < 1.29 is 19.4 Å². The molecule has 0 saturated heterocycles. The van der Waals surface area contributed by atoms with Gasteiger partial charge in [0.25, 0.3) is 0 Å². The second-order valence-electron chi connectivity index (χ2n) is 4.15. The quantitative estimate of drug-likeness (QED) is 0.843. The number of methoxy groups -OCH3 is 1. The second-order valence-corrected chi connectivity index (χ2v) is 5.00. The molecule has 0 bridgehead atoms. The number of ketones is 1. The molecule has 0 aliphatic rings. The highest BCUT2D eigenvalue weighted by atomic mass is 79.9. The summed E-state index contributed by atoms with van der Waals surface area (Å²) in [5.41, 5.74) is -1.15. The minimum Gasteiger partial charge on any atom is -0.467 e. The number of hydrogen-bond acceptors (Lipinski definition) is 4. The molecule has 1 rings (SSSR count). The Morgan fingerprint density at radius 1 is 1.42 bits per heavy atom. The van der Waals surface area contributed by atoms with Crippen molar-refractivity contribution in [3.8, 4) is 0 Å². The van der Waals surface area contributed by atoms with Crippen LogP contribution in [-0.2, 0) is 14.3 Å². The predicted octanol–water partition coefficient (Wildman–Crippen LogP) is 2.35. The fraction of sp³-hybridized carbons (Fsp3) is 0.286. The van der Waals surface area contributed by atoms with Crippen molar-refractivity contribution in [1.82, 2.24) is 0 Å². The Labute approximate surface area is 120 Å². The normalized spacial score (nSPS) is 14.1. The summed E-state index contributed by atoms with van der Waals surface area (Å²) in [6.07, 6.45) is 2.53. The van der Waals surface area contributed by atoms with Crippen molar-refractivity contribution in [3.63, 3.8) is 0 Å². The van der Waals surface area contributed by atoms with Gasteiger partial charge >= 0.3 is 5.97 Å². The molecule has 0 radical (unpaired) electrons. The fourth-order valence-electron chi connectivity index (χ4n) is 1.59. The minimum atomic E-state index is -1.93. The molecule has 1 N–H and O–H groups in total. The number of Topliss-reactive ketones (excluding diaryl/α,β-unsaturated/α-hetero) is 1. The summed E-state index contributed by atoms with van der Waals surface area (Å²) in [7, 11) is 1.17. The topological polar surface area (TPSA) is 63.6 Å². The van der Waals surface area contributed by atoms with E-state index in [4.69, 9.17) is 0 Å². The summed E-state index contributed by atoms with van der Waals surface area (Å²) in [5.74, 6) is -1.16. The van der Waals surface area contributed by atoms with Crippen LogP contribution in [0, 0.1) is 0 Å². The van der Waals surface area contributed by atoms with Crippen molar-refractivity contribution in [1.29, 1.82) is 0 Å². The van der Waals surface area contributed by atoms with Gasteiger partial charge < -0.3 is 9.84 Å². The first kappa shape index (κ1) is 15.6. The molecule has 0 spiro atoms. The highest BCUT2D eigenvalue weighted by molar-refractivity contribution is 9.10. The molecule has 0 heterocycles. The summed E-state index contributed by atoms with van der Waals surface area (Å²) in [6.45, 7) is 1.31. The Hall–Kier alpha value is -1.46. The van der Waals surface area contributed by atoms with Gasteiger partial charge in [0.15, 0.2) is 5.60 Å². The van der Waals surface area contributed by atoms with Gasteiger partial charge in [-0.25, -0.2) is 4.79 Å². The number of aliphatic hydroxyl groups is 1. The molecule has 0 aliphatic heterocycles. The number of halogens is 1. The zero-order valence-electron chi connectivity index (χ0n) is 10.7. The van der Waals surface area contributed by atoms with E-state index in [1.807, 2.05) is 24.3 Å². The fourth-order valence-corrected chi connectivity index (χ4v) is 2.01. The maximum atomic E-state index is 11.6. The van der Waals surface area contributed by atoms with Gasteiger partial charge in [-0.3, -0.25) is 4.79 Å². The van der Waals surface area contributed by atoms with Gasteiger partial charge in [-0.2, -0.15) is 0 Å². The number of carbonyl (C=O) groups is 2. The monoisotopic (exact) mass is 326 g/mol. The van der Waals surface area contributed by atoms with E-state index in [2.05, 4.69) is 20.7 Å². The zero-order valence-corrected chi connectivity index (χ0v) is 12.3. The van der Waals surface area contributed by atoms with Gasteiger partial charge in [-0.1, -0.05) is 40.2 Å². The van der Waals surface area contributed by atoms with Crippen LogP contribution in [0.25, 0.3) is 6.08 Å². The van der Waals surface area contributed by atoms with Gasteiger partial charge in [0.05, 0.1) is 7.11 Å². The van der Waals surface area contributed by atoms with Gasteiger partial charge in [0, 0.05) is 10.9 Å². The van der Waals surface area contributed by atoms with E-state index in [1.165, 1.54) is 20.1 Å². The lowest BCUT2D eigenvalue weighted by Crippen LogP contribution is -2.39. The molecule has 0 amide bonds.